The van der Waals surface area contributed by atoms with Crippen molar-refractivity contribution in [1.82, 2.24) is 59.8 Å². The molecule has 0 unspecified atom stereocenters. The molecule has 0 radical (unpaired) electrons. The van der Waals surface area contributed by atoms with Gasteiger partial charge in [-0.1, -0.05) is 0 Å². The standard InChI is InChI=1S/C114H114N18/c1-109(2,3)127-73-91-49-79-43-80(50-91)62-116-98-21-25-100(26-22-98)118-64-82-45-84(54-93(52-82)75-129-111(7,8)9)66-120-102-29-33-104(34-30-102)122-68-86-47-88(58-95(56-86)77-131-113(13,14)15)70-124-106-37-41-108(42-38-106)126-72-90-48-89(59-96(60-90)78-132-114(16,17)18)71-125-107-39-35-105(36-40-107)123-69-87-46-85(55-94(57-87)76-130-112(10,11)12)67-121-103-31-27-101(28-32-103)119-65-83-44-81(51-92(53-83)74-128-110(4,5)6)63-117-99-23-19-97(20-24-99)115-61-79/h19-78H,1-18H3. The highest BCUT2D eigenvalue weighted by Gasteiger charge is 2.12. The van der Waals surface area contributed by atoms with Crippen LogP contribution in [0.2, 0.25) is 0 Å². The molecule has 660 valence electrons. The van der Waals surface area contributed by atoms with Crippen LogP contribution >= 0.6 is 0 Å². The van der Waals surface area contributed by atoms with Gasteiger partial charge in [-0.15, -0.1) is 0 Å². The van der Waals surface area contributed by atoms with E-state index in [2.05, 4.69) is 234 Å². The second-order valence-electron chi connectivity index (χ2n) is 38.4. The van der Waals surface area contributed by atoms with Gasteiger partial charge in [0, 0.05) is 112 Å². The molecule has 0 amide bonds. The molecular weight excluding hydrogens is 1620 g/mol. The summed E-state index contributed by atoms with van der Waals surface area (Å²) in [7, 11) is 0. The first-order valence-electron chi connectivity index (χ1n) is 44.2. The number of nitrogens with zero attached hydrogens (tertiary/aromatic N) is 18. The van der Waals surface area contributed by atoms with E-state index in [-0.39, 0.29) is 33.2 Å². The summed E-state index contributed by atoms with van der Waals surface area (Å²) < 4.78 is 0. The quantitative estimate of drug-likeness (QED) is 0.142. The number of aliphatic imine (C=N–C) groups is 6. The Bertz CT molecular complexity index is 5930. The summed E-state index contributed by atoms with van der Waals surface area (Å²) in [6.07, 6.45) is 33.8. The lowest BCUT2D eigenvalue weighted by Crippen LogP contribution is -2.09. The van der Waals surface area contributed by atoms with E-state index in [0.717, 1.165) is 164 Å². The number of benzene rings is 12. The predicted molar refractivity (Wildman–Crippen MR) is 559 cm³/mol. The number of aromatic nitrogens is 12. The summed E-state index contributed by atoms with van der Waals surface area (Å²) in [6.45, 7) is 37.4. The van der Waals surface area contributed by atoms with E-state index in [0.29, 0.717) is 0 Å². The lowest BCUT2D eigenvalue weighted by Gasteiger charge is -2.10. The van der Waals surface area contributed by atoms with Crippen molar-refractivity contribution in [2.45, 2.75) is 158 Å². The van der Waals surface area contributed by atoms with Crippen molar-refractivity contribution < 1.29 is 0 Å². The largest absolute Gasteiger partial charge is 0.287 e. The van der Waals surface area contributed by atoms with Crippen molar-refractivity contribution in [2.24, 2.45) is 30.0 Å². The average Bonchev–Trinajstić information content (AvgIpc) is 0.852. The normalized spacial score (nSPS) is 12.1. The van der Waals surface area contributed by atoms with Crippen LogP contribution in [-0.2, 0) is 0 Å². The molecule has 0 fully saturated rings. The third-order valence-electron chi connectivity index (χ3n) is 19.1. The Labute approximate surface area is 773 Å². The highest BCUT2D eigenvalue weighted by Crippen LogP contribution is 2.23. The minimum atomic E-state index is -0.274. The van der Waals surface area contributed by atoms with Crippen LogP contribution in [-0.4, -0.2) is 130 Å². The molecule has 132 heavy (non-hydrogen) atoms. The van der Waals surface area contributed by atoms with E-state index in [1.54, 1.807) is 0 Å². The van der Waals surface area contributed by atoms with Crippen LogP contribution < -0.4 is 0 Å². The van der Waals surface area contributed by atoms with Crippen LogP contribution in [0, 0.1) is 0 Å². The predicted octanol–water partition coefficient (Wildman–Crippen LogP) is 27.4. The zero-order valence-electron chi connectivity index (χ0n) is 78.7. The molecule has 0 spiro atoms. The fraction of sp³-hybridized carbons (Fsp3) is 0.211. The van der Waals surface area contributed by atoms with E-state index >= 15 is 0 Å². The van der Waals surface area contributed by atoms with E-state index in [9.17, 15) is 0 Å². The summed E-state index contributed by atoms with van der Waals surface area (Å²) in [5, 5.41) is 10.7. The van der Waals surface area contributed by atoms with Gasteiger partial charge >= 0.3 is 0 Å². The van der Waals surface area contributed by atoms with Crippen LogP contribution in [0.3, 0.4) is 0 Å². The van der Waals surface area contributed by atoms with Crippen molar-refractivity contribution in [3.8, 4) is 0 Å². The Morgan fingerprint density at radius 3 is 0.295 bits per heavy atom. The lowest BCUT2D eigenvalue weighted by molar-refractivity contribution is 0.586. The summed E-state index contributed by atoms with van der Waals surface area (Å²) >= 11 is 0. The summed E-state index contributed by atoms with van der Waals surface area (Å²) in [5.41, 5.74) is 13.2. The Morgan fingerprint density at radius 2 is 0.220 bits per heavy atom. The van der Waals surface area contributed by atoms with Crippen molar-refractivity contribution in [3.63, 3.8) is 0 Å². The first-order valence-corrected chi connectivity index (χ1v) is 44.2. The molecule has 22 aromatic rings. The molecule has 22 rings (SSSR count). The molecule has 18 nitrogen and oxygen atoms in total. The van der Waals surface area contributed by atoms with Gasteiger partial charge in [-0.05, 0) is 477 Å². The maximum Gasteiger partial charge on any atom is 0.0631 e. The molecule has 24 bridgehead atoms. The molecule has 0 atom stereocenters. The molecule has 0 aliphatic rings. The molecule has 18 heteroatoms. The van der Waals surface area contributed by atoms with Gasteiger partial charge in [0.25, 0.3) is 0 Å². The molecule has 10 heterocycles. The smallest absolute Gasteiger partial charge is 0.0631 e. The van der Waals surface area contributed by atoms with Crippen LogP contribution in [0.4, 0.5) is 0 Å². The first kappa shape index (κ1) is 94.3. The van der Waals surface area contributed by atoms with E-state index in [1.165, 1.54) is 0 Å². The van der Waals surface area contributed by atoms with E-state index < -0.39 is 0 Å². The van der Waals surface area contributed by atoms with Gasteiger partial charge in [0.05, 0.1) is 99.4 Å². The lowest BCUT2D eigenvalue weighted by atomic mass is 10.1. The fourth-order valence-corrected chi connectivity index (χ4v) is 12.7. The highest BCUT2D eigenvalue weighted by atomic mass is 14.8. The van der Waals surface area contributed by atoms with Crippen LogP contribution in [0.25, 0.3) is 131 Å². The summed E-state index contributed by atoms with van der Waals surface area (Å²) in [6, 6.07) is 84.4. The van der Waals surface area contributed by atoms with E-state index in [4.69, 9.17) is 89.8 Å². The molecule has 0 N–H and O–H groups in total. The Kier molecular flexibility index (Phi) is 30.5. The fourth-order valence-electron chi connectivity index (χ4n) is 12.7. The van der Waals surface area contributed by atoms with Crippen molar-refractivity contribution in [2.75, 3.05) is 0 Å². The zero-order chi connectivity index (χ0) is 93.5. The number of rotatable bonds is 6. The molecule has 0 saturated carbocycles. The second kappa shape index (κ2) is 42.7. The molecular formula is C114H114N18. The molecule has 10 aromatic heterocycles. The minimum Gasteiger partial charge on any atom is -0.287 e. The van der Waals surface area contributed by atoms with Gasteiger partial charge in [-0.2, -0.15) is 0 Å². The van der Waals surface area contributed by atoms with Gasteiger partial charge in [0.2, 0.25) is 0 Å². The minimum absolute atomic E-state index is 0.274. The average molecular weight is 1740 g/mol. The summed E-state index contributed by atoms with van der Waals surface area (Å²) in [4.78, 5) is 88.0. The second-order valence-corrected chi connectivity index (χ2v) is 38.4. The van der Waals surface area contributed by atoms with Crippen molar-refractivity contribution >= 4 is 168 Å². The Hall–Kier alpha value is -15.3. The van der Waals surface area contributed by atoms with Crippen LogP contribution in [0.1, 0.15) is 158 Å². The molecule has 0 saturated heterocycles. The van der Waals surface area contributed by atoms with Gasteiger partial charge < -0.3 is 0 Å². The third-order valence-corrected chi connectivity index (χ3v) is 19.1. The maximum atomic E-state index is 4.92. The summed E-state index contributed by atoms with van der Waals surface area (Å²) in [5.74, 6) is 0. The first-order chi connectivity index (χ1) is 62.9. The molecule has 12 aromatic carbocycles. The maximum absolute atomic E-state index is 4.92. The van der Waals surface area contributed by atoms with Crippen molar-refractivity contribution in [1.29, 1.82) is 0 Å². The van der Waals surface area contributed by atoms with Crippen LogP contribution in [0.5, 0.6) is 0 Å². The van der Waals surface area contributed by atoms with Gasteiger partial charge in [0.1, 0.15) is 0 Å². The van der Waals surface area contributed by atoms with Crippen LogP contribution in [0.15, 0.2) is 359 Å². The Morgan fingerprint density at radius 1 is 0.136 bits per heavy atom. The molecule has 0 aliphatic carbocycles. The number of hydrogen-bond acceptors (Lipinski definition) is 18. The highest BCUT2D eigenvalue weighted by molar-refractivity contribution is 5.92. The van der Waals surface area contributed by atoms with Crippen molar-refractivity contribution in [3.05, 3.63) is 363 Å². The third kappa shape index (κ3) is 32.8. The van der Waals surface area contributed by atoms with Gasteiger partial charge in [-0.3, -0.25) is 89.8 Å². The number of hydrogen-bond donors (Lipinski definition) is 0. The molecule has 0 aliphatic heterocycles. The van der Waals surface area contributed by atoms with Gasteiger partial charge in [-0.25, -0.2) is 0 Å². The van der Waals surface area contributed by atoms with Gasteiger partial charge in [0.15, 0.2) is 0 Å². The SMILES string of the molecule is CC(C)(C)N=Cc1cc2cnc3ccc(cc3)ncc3cc(C=NC(C)(C)C)cc(cnc4ccc(cc4)ncc4cc(C=NC(C)(C)C)cc(cnc5ccc(cc5)ncc5cc(C=NC(C)(C)C)cc(cnc6ccc(cc6)ncc6cc(C=NC(C)(C)C)cc(cnc7ccc(cc7)ncc7cc(C=NC(C)(C)C)cc(cnc8ccc(cc8)ncc(c1)c2)c7)c6)c5)c4)c3. The zero-order valence-corrected chi connectivity index (χ0v) is 78.7. The van der Waals surface area contributed by atoms with E-state index in [1.807, 2.05) is 257 Å². The topological polar surface area (TPSA) is 229 Å². The Balaban J connectivity index is 0.891. The monoisotopic (exact) mass is 1730 g/mol.